The van der Waals surface area contributed by atoms with Crippen LogP contribution in [0.25, 0.3) is 0 Å². The van der Waals surface area contributed by atoms with Crippen LogP contribution < -0.4 is 0 Å². The summed E-state index contributed by atoms with van der Waals surface area (Å²) in [5, 5.41) is 9.07. The SMILES string of the molecule is CN(CCN1CCOCC1)C(C)(C)C(=O)O. The van der Waals surface area contributed by atoms with Crippen molar-refractivity contribution >= 4 is 5.97 Å². The van der Waals surface area contributed by atoms with Gasteiger partial charge in [-0.05, 0) is 20.9 Å². The highest BCUT2D eigenvalue weighted by Gasteiger charge is 2.31. The molecule has 5 heteroatoms. The standard InChI is InChI=1S/C11H22N2O3/c1-11(2,10(14)15)12(3)4-5-13-6-8-16-9-7-13/h4-9H2,1-3H3,(H,14,15). The van der Waals surface area contributed by atoms with Crippen LogP contribution in [0.1, 0.15) is 13.8 Å². The van der Waals surface area contributed by atoms with E-state index in [9.17, 15) is 4.79 Å². The van der Waals surface area contributed by atoms with E-state index in [1.165, 1.54) is 0 Å². The number of morpholine rings is 1. The number of rotatable bonds is 5. The summed E-state index contributed by atoms with van der Waals surface area (Å²) >= 11 is 0. The van der Waals surface area contributed by atoms with Gasteiger partial charge in [-0.2, -0.15) is 0 Å². The van der Waals surface area contributed by atoms with Crippen LogP contribution in [-0.2, 0) is 9.53 Å². The van der Waals surface area contributed by atoms with E-state index in [2.05, 4.69) is 4.90 Å². The third-order valence-electron chi connectivity index (χ3n) is 3.33. The van der Waals surface area contributed by atoms with Crippen molar-refractivity contribution < 1.29 is 14.6 Å². The van der Waals surface area contributed by atoms with Crippen molar-refractivity contribution in [1.29, 1.82) is 0 Å². The van der Waals surface area contributed by atoms with Crippen molar-refractivity contribution in [2.45, 2.75) is 19.4 Å². The number of carboxylic acid groups (broad SMARTS) is 1. The number of aliphatic carboxylic acids is 1. The molecule has 0 radical (unpaired) electrons. The fourth-order valence-corrected chi connectivity index (χ4v) is 1.56. The molecular weight excluding hydrogens is 208 g/mol. The first-order valence-electron chi connectivity index (χ1n) is 5.69. The van der Waals surface area contributed by atoms with E-state index in [1.807, 2.05) is 11.9 Å². The van der Waals surface area contributed by atoms with Crippen LogP contribution in [0.3, 0.4) is 0 Å². The molecule has 0 amide bonds. The second-order valence-electron chi connectivity index (χ2n) is 4.74. The zero-order valence-electron chi connectivity index (χ0n) is 10.4. The summed E-state index contributed by atoms with van der Waals surface area (Å²) in [6, 6.07) is 0. The maximum atomic E-state index is 11.0. The Hall–Kier alpha value is -0.650. The Kier molecular flexibility index (Phi) is 4.70. The van der Waals surface area contributed by atoms with Crippen molar-refractivity contribution in [2.24, 2.45) is 0 Å². The van der Waals surface area contributed by atoms with Crippen LogP contribution in [0, 0.1) is 0 Å². The molecule has 0 aliphatic carbocycles. The summed E-state index contributed by atoms with van der Waals surface area (Å²) in [6.07, 6.45) is 0. The molecule has 0 aromatic carbocycles. The number of carbonyl (C=O) groups is 1. The second-order valence-corrected chi connectivity index (χ2v) is 4.74. The van der Waals surface area contributed by atoms with Crippen LogP contribution in [0.5, 0.6) is 0 Å². The Labute approximate surface area is 97.0 Å². The van der Waals surface area contributed by atoms with Crippen LogP contribution >= 0.6 is 0 Å². The van der Waals surface area contributed by atoms with Gasteiger partial charge in [-0.15, -0.1) is 0 Å². The first kappa shape index (κ1) is 13.4. The highest BCUT2D eigenvalue weighted by atomic mass is 16.5. The molecule has 1 heterocycles. The topological polar surface area (TPSA) is 53.0 Å². The molecule has 1 saturated heterocycles. The predicted octanol–water partition coefficient (Wildman–Crippen LogP) is 0.114. The maximum absolute atomic E-state index is 11.0. The lowest BCUT2D eigenvalue weighted by Gasteiger charge is -2.34. The monoisotopic (exact) mass is 230 g/mol. The average Bonchev–Trinajstić information content (AvgIpc) is 2.27. The summed E-state index contributed by atoms with van der Waals surface area (Å²) < 4.78 is 5.26. The molecule has 1 N–H and O–H groups in total. The van der Waals surface area contributed by atoms with Crippen LogP contribution in [-0.4, -0.2) is 72.9 Å². The van der Waals surface area contributed by atoms with Gasteiger partial charge in [-0.25, -0.2) is 0 Å². The molecule has 0 bridgehead atoms. The third kappa shape index (κ3) is 3.43. The molecule has 5 nitrogen and oxygen atoms in total. The molecule has 1 aliphatic heterocycles. The van der Waals surface area contributed by atoms with E-state index < -0.39 is 11.5 Å². The van der Waals surface area contributed by atoms with E-state index in [0.29, 0.717) is 0 Å². The largest absolute Gasteiger partial charge is 0.480 e. The van der Waals surface area contributed by atoms with Gasteiger partial charge in [0.1, 0.15) is 5.54 Å². The first-order chi connectivity index (χ1) is 7.44. The first-order valence-corrected chi connectivity index (χ1v) is 5.69. The quantitative estimate of drug-likeness (QED) is 0.726. The number of ether oxygens (including phenoxy) is 1. The van der Waals surface area contributed by atoms with Gasteiger partial charge in [-0.1, -0.05) is 0 Å². The fourth-order valence-electron chi connectivity index (χ4n) is 1.56. The van der Waals surface area contributed by atoms with Crippen molar-refractivity contribution in [3.8, 4) is 0 Å². The van der Waals surface area contributed by atoms with Crippen molar-refractivity contribution in [1.82, 2.24) is 9.80 Å². The Bertz CT molecular complexity index is 237. The van der Waals surface area contributed by atoms with Crippen molar-refractivity contribution in [2.75, 3.05) is 46.4 Å². The van der Waals surface area contributed by atoms with E-state index >= 15 is 0 Å². The lowest BCUT2D eigenvalue weighted by molar-refractivity contribution is -0.148. The van der Waals surface area contributed by atoms with Crippen LogP contribution in [0.15, 0.2) is 0 Å². The van der Waals surface area contributed by atoms with Gasteiger partial charge < -0.3 is 9.84 Å². The summed E-state index contributed by atoms with van der Waals surface area (Å²) in [4.78, 5) is 15.2. The van der Waals surface area contributed by atoms with Gasteiger partial charge in [0, 0.05) is 26.2 Å². The van der Waals surface area contributed by atoms with E-state index in [0.717, 1.165) is 39.4 Å². The molecule has 0 unspecified atom stereocenters. The van der Waals surface area contributed by atoms with Crippen molar-refractivity contribution in [3.63, 3.8) is 0 Å². The average molecular weight is 230 g/mol. The molecule has 0 aromatic rings. The third-order valence-corrected chi connectivity index (χ3v) is 3.33. The summed E-state index contributed by atoms with van der Waals surface area (Å²) in [7, 11) is 1.86. The maximum Gasteiger partial charge on any atom is 0.323 e. The minimum absolute atomic E-state index is 0.763. The molecule has 0 spiro atoms. The number of nitrogens with zero attached hydrogens (tertiary/aromatic N) is 2. The Balaban J connectivity index is 2.33. The summed E-state index contributed by atoms with van der Waals surface area (Å²) in [5.74, 6) is -0.781. The zero-order chi connectivity index (χ0) is 12.2. The molecule has 16 heavy (non-hydrogen) atoms. The predicted molar refractivity (Wildman–Crippen MR) is 61.6 cm³/mol. The Morgan fingerprint density at radius 3 is 2.50 bits per heavy atom. The second kappa shape index (κ2) is 5.61. The highest BCUT2D eigenvalue weighted by molar-refractivity contribution is 5.77. The Morgan fingerprint density at radius 2 is 2.00 bits per heavy atom. The van der Waals surface area contributed by atoms with Gasteiger partial charge in [0.2, 0.25) is 0 Å². The normalized spacial score (nSPS) is 19.0. The molecule has 0 aromatic heterocycles. The highest BCUT2D eigenvalue weighted by Crippen LogP contribution is 2.12. The lowest BCUT2D eigenvalue weighted by Crippen LogP contribution is -2.51. The molecular formula is C11H22N2O3. The van der Waals surface area contributed by atoms with Crippen molar-refractivity contribution in [3.05, 3.63) is 0 Å². The van der Waals surface area contributed by atoms with E-state index in [1.54, 1.807) is 13.8 Å². The van der Waals surface area contributed by atoms with Crippen LogP contribution in [0.4, 0.5) is 0 Å². The number of likely N-dealkylation sites (N-methyl/N-ethyl adjacent to an activating group) is 1. The lowest BCUT2D eigenvalue weighted by atomic mass is 10.0. The minimum atomic E-state index is -0.799. The minimum Gasteiger partial charge on any atom is -0.480 e. The fraction of sp³-hybridized carbons (Fsp3) is 0.909. The van der Waals surface area contributed by atoms with E-state index in [-0.39, 0.29) is 0 Å². The number of hydrogen-bond donors (Lipinski definition) is 1. The van der Waals surface area contributed by atoms with Gasteiger partial charge in [0.25, 0.3) is 0 Å². The number of hydrogen-bond acceptors (Lipinski definition) is 4. The van der Waals surface area contributed by atoms with Gasteiger partial charge >= 0.3 is 5.97 Å². The molecule has 0 saturated carbocycles. The Morgan fingerprint density at radius 1 is 1.44 bits per heavy atom. The molecule has 1 aliphatic rings. The van der Waals surface area contributed by atoms with Gasteiger partial charge in [0.05, 0.1) is 13.2 Å². The smallest absolute Gasteiger partial charge is 0.323 e. The van der Waals surface area contributed by atoms with Gasteiger partial charge in [-0.3, -0.25) is 14.6 Å². The molecule has 94 valence electrons. The van der Waals surface area contributed by atoms with Gasteiger partial charge in [0.15, 0.2) is 0 Å². The molecule has 0 atom stereocenters. The summed E-state index contributed by atoms with van der Waals surface area (Å²) in [5.41, 5.74) is -0.799. The number of carboxylic acids is 1. The zero-order valence-corrected chi connectivity index (χ0v) is 10.4. The molecule has 1 fully saturated rings. The molecule has 1 rings (SSSR count). The van der Waals surface area contributed by atoms with E-state index in [4.69, 9.17) is 9.84 Å². The summed E-state index contributed by atoms with van der Waals surface area (Å²) in [6.45, 7) is 8.58. The van der Waals surface area contributed by atoms with Crippen LogP contribution in [0.2, 0.25) is 0 Å².